The van der Waals surface area contributed by atoms with Crippen LogP contribution in [0, 0.1) is 11.3 Å². The number of hydrogen-bond donors (Lipinski definition) is 2. The number of ether oxygens (including phenoxy) is 1. The van der Waals surface area contributed by atoms with E-state index in [1.165, 1.54) is 0 Å². The molecule has 0 spiro atoms. The number of benzene rings is 1. The number of fused-ring (bicyclic) bond motifs is 3. The van der Waals surface area contributed by atoms with Crippen LogP contribution in [0.15, 0.2) is 12.1 Å². The second kappa shape index (κ2) is 5.59. The number of nitriles is 1. The van der Waals surface area contributed by atoms with Gasteiger partial charge in [-0.15, -0.1) is 0 Å². The number of aryl methyl sites for hydroxylation is 1. The summed E-state index contributed by atoms with van der Waals surface area (Å²) < 4.78 is 7.29. The van der Waals surface area contributed by atoms with Crippen LogP contribution in [0.4, 0.5) is 4.79 Å². The van der Waals surface area contributed by atoms with E-state index < -0.39 is 12.3 Å². The lowest BCUT2D eigenvalue weighted by atomic mass is 10.2. The second-order valence-electron chi connectivity index (χ2n) is 4.89. The number of halogens is 2. The number of carbonyl (C=O) groups is 1. The molecule has 0 radical (unpaired) electrons. The predicted molar refractivity (Wildman–Crippen MR) is 81.6 cm³/mol. The molecule has 1 aromatic heterocycles. The summed E-state index contributed by atoms with van der Waals surface area (Å²) >= 11 is 12.4. The van der Waals surface area contributed by atoms with Gasteiger partial charge in [0.05, 0.1) is 15.6 Å². The zero-order valence-electron chi connectivity index (χ0n) is 11.3. The molecule has 0 bridgehead atoms. The van der Waals surface area contributed by atoms with Gasteiger partial charge in [-0.1, -0.05) is 23.2 Å². The van der Waals surface area contributed by atoms with Crippen LogP contribution in [-0.4, -0.2) is 22.4 Å². The molecule has 1 aliphatic heterocycles. The Labute approximate surface area is 135 Å². The van der Waals surface area contributed by atoms with Crippen molar-refractivity contribution in [3.05, 3.63) is 27.9 Å². The minimum atomic E-state index is -1.10. The first kappa shape index (κ1) is 14.8. The van der Waals surface area contributed by atoms with Crippen LogP contribution in [0.25, 0.3) is 10.9 Å². The maximum atomic E-state index is 11.0. The van der Waals surface area contributed by atoms with Crippen molar-refractivity contribution in [3.63, 3.8) is 0 Å². The molecule has 3 rings (SSSR count). The van der Waals surface area contributed by atoms with Gasteiger partial charge in [0.15, 0.2) is 6.61 Å². The highest BCUT2D eigenvalue weighted by molar-refractivity contribution is 6.45. The molecule has 8 heteroatoms. The van der Waals surface area contributed by atoms with Gasteiger partial charge in [0, 0.05) is 17.1 Å². The van der Waals surface area contributed by atoms with Gasteiger partial charge in [0.2, 0.25) is 0 Å². The first-order chi connectivity index (χ1) is 10.5. The maximum absolute atomic E-state index is 11.0. The number of amides is 1. The first-order valence-corrected chi connectivity index (χ1v) is 7.29. The monoisotopic (exact) mass is 339 g/mol. The molecule has 0 aliphatic carbocycles. The molecule has 1 unspecified atom stereocenters. The Balaban J connectivity index is 2.21. The minimum absolute atomic E-state index is 0.134. The van der Waals surface area contributed by atoms with Crippen molar-refractivity contribution in [2.45, 2.75) is 19.0 Å². The summed E-state index contributed by atoms with van der Waals surface area (Å²) in [7, 11) is 0. The highest BCUT2D eigenvalue weighted by atomic mass is 35.5. The lowest BCUT2D eigenvalue weighted by Gasteiger charge is -2.17. The molecule has 1 atom stereocenters. The number of hydrogen-bond acceptors (Lipinski definition) is 3. The molecule has 22 heavy (non-hydrogen) atoms. The molecule has 2 N–H and O–H groups in total. The molecule has 1 aliphatic rings. The SMILES string of the molecule is N#CCOc1cc(Cl)c(Cl)c2cc3n(c12)C(NC(=O)O)CC3. The highest BCUT2D eigenvalue weighted by Gasteiger charge is 2.28. The zero-order chi connectivity index (χ0) is 15.9. The number of nitrogens with zero attached hydrogens (tertiary/aromatic N) is 2. The number of carboxylic acid groups (broad SMARTS) is 1. The van der Waals surface area contributed by atoms with Gasteiger partial charge < -0.3 is 19.7 Å². The van der Waals surface area contributed by atoms with Crippen LogP contribution in [-0.2, 0) is 6.42 Å². The van der Waals surface area contributed by atoms with Gasteiger partial charge in [0.1, 0.15) is 18.0 Å². The Bertz CT molecular complexity index is 810. The fourth-order valence-electron chi connectivity index (χ4n) is 2.83. The summed E-state index contributed by atoms with van der Waals surface area (Å²) in [5, 5.41) is 21.6. The molecule has 0 saturated heterocycles. The fourth-order valence-corrected chi connectivity index (χ4v) is 3.23. The smallest absolute Gasteiger partial charge is 0.406 e. The van der Waals surface area contributed by atoms with Crippen molar-refractivity contribution in [2.75, 3.05) is 6.61 Å². The van der Waals surface area contributed by atoms with Gasteiger partial charge >= 0.3 is 6.09 Å². The van der Waals surface area contributed by atoms with Crippen molar-refractivity contribution in [1.82, 2.24) is 9.88 Å². The Morgan fingerprint density at radius 1 is 1.55 bits per heavy atom. The average Bonchev–Trinajstić information content (AvgIpc) is 3.01. The van der Waals surface area contributed by atoms with Crippen molar-refractivity contribution >= 4 is 40.2 Å². The van der Waals surface area contributed by atoms with E-state index in [-0.39, 0.29) is 6.61 Å². The van der Waals surface area contributed by atoms with E-state index in [9.17, 15) is 4.79 Å². The van der Waals surface area contributed by atoms with Crippen molar-refractivity contribution in [3.8, 4) is 11.8 Å². The highest BCUT2D eigenvalue weighted by Crippen LogP contribution is 2.43. The van der Waals surface area contributed by atoms with Crippen LogP contribution < -0.4 is 10.1 Å². The zero-order valence-corrected chi connectivity index (χ0v) is 12.8. The van der Waals surface area contributed by atoms with Crippen molar-refractivity contribution in [2.24, 2.45) is 0 Å². The van der Waals surface area contributed by atoms with E-state index in [4.69, 9.17) is 38.3 Å². The molecule has 114 valence electrons. The van der Waals surface area contributed by atoms with Crippen LogP contribution >= 0.6 is 23.2 Å². The van der Waals surface area contributed by atoms with Gasteiger partial charge in [-0.25, -0.2) is 4.79 Å². The third-order valence-electron chi connectivity index (χ3n) is 3.62. The number of aromatic nitrogens is 1. The molecule has 2 aromatic rings. The summed E-state index contributed by atoms with van der Waals surface area (Å²) in [4.78, 5) is 11.0. The summed E-state index contributed by atoms with van der Waals surface area (Å²) in [6.45, 7) is -0.134. The van der Waals surface area contributed by atoms with E-state index in [0.29, 0.717) is 39.5 Å². The number of rotatable bonds is 3. The van der Waals surface area contributed by atoms with Crippen LogP contribution in [0.5, 0.6) is 5.75 Å². The lowest BCUT2D eigenvalue weighted by Crippen LogP contribution is -2.28. The standard InChI is InChI=1S/C14H11Cl2N3O3/c15-9-6-10(22-4-3-17)13-8(12(9)16)5-7-1-2-11(19(7)13)18-14(20)21/h5-6,11,18H,1-2,4H2,(H,20,21). The predicted octanol–water partition coefficient (Wildman–Crippen LogP) is 3.56. The molecule has 0 saturated carbocycles. The maximum Gasteiger partial charge on any atom is 0.406 e. The largest absolute Gasteiger partial charge is 0.476 e. The number of nitrogens with one attached hydrogen (secondary N) is 1. The average molecular weight is 340 g/mol. The normalized spacial score (nSPS) is 16.3. The van der Waals surface area contributed by atoms with Gasteiger partial charge in [-0.2, -0.15) is 5.26 Å². The Morgan fingerprint density at radius 3 is 3.00 bits per heavy atom. The fraction of sp³-hybridized carbons (Fsp3) is 0.286. The lowest BCUT2D eigenvalue weighted by molar-refractivity contribution is 0.185. The topological polar surface area (TPSA) is 87.3 Å². The third-order valence-corrected chi connectivity index (χ3v) is 4.42. The van der Waals surface area contributed by atoms with E-state index >= 15 is 0 Å². The summed E-state index contributed by atoms with van der Waals surface area (Å²) in [5.41, 5.74) is 1.59. The van der Waals surface area contributed by atoms with Crippen molar-refractivity contribution < 1.29 is 14.6 Å². The summed E-state index contributed by atoms with van der Waals surface area (Å²) in [6.07, 6.45) is -0.133. The van der Waals surface area contributed by atoms with Gasteiger partial charge in [-0.05, 0) is 18.9 Å². The van der Waals surface area contributed by atoms with E-state index in [1.54, 1.807) is 6.07 Å². The molecule has 1 aromatic carbocycles. The van der Waals surface area contributed by atoms with E-state index in [2.05, 4.69) is 5.32 Å². The summed E-state index contributed by atoms with van der Waals surface area (Å²) in [5.74, 6) is 0.413. The quantitative estimate of drug-likeness (QED) is 0.894. The molecule has 0 fully saturated rings. The third kappa shape index (κ3) is 2.32. The minimum Gasteiger partial charge on any atom is -0.476 e. The van der Waals surface area contributed by atoms with E-state index in [1.807, 2.05) is 16.7 Å². The van der Waals surface area contributed by atoms with Gasteiger partial charge in [-0.3, -0.25) is 0 Å². The molecule has 2 heterocycles. The van der Waals surface area contributed by atoms with E-state index in [0.717, 1.165) is 5.69 Å². The molecular weight excluding hydrogens is 329 g/mol. The molecule has 1 amide bonds. The first-order valence-electron chi connectivity index (χ1n) is 6.54. The Kier molecular flexibility index (Phi) is 3.77. The van der Waals surface area contributed by atoms with Crippen molar-refractivity contribution in [1.29, 1.82) is 5.26 Å². The second-order valence-corrected chi connectivity index (χ2v) is 5.67. The Morgan fingerprint density at radius 2 is 2.32 bits per heavy atom. The van der Waals surface area contributed by atoms with Crippen LogP contribution in [0.3, 0.4) is 0 Å². The van der Waals surface area contributed by atoms with Gasteiger partial charge in [0.25, 0.3) is 0 Å². The molecule has 6 nitrogen and oxygen atoms in total. The van der Waals surface area contributed by atoms with Crippen LogP contribution in [0.1, 0.15) is 18.3 Å². The Hall–Kier alpha value is -2.10. The molecular formula is C14H11Cl2N3O3. The summed E-state index contributed by atoms with van der Waals surface area (Å²) in [6, 6.07) is 5.33. The van der Waals surface area contributed by atoms with Crippen LogP contribution in [0.2, 0.25) is 10.0 Å².